The lowest BCUT2D eigenvalue weighted by atomic mass is 10.0. The van der Waals surface area contributed by atoms with E-state index in [2.05, 4.69) is 10.4 Å². The minimum atomic E-state index is -1.52. The molecular formula is C12H12F3N3. The van der Waals surface area contributed by atoms with Crippen LogP contribution in [0, 0.1) is 24.4 Å². The van der Waals surface area contributed by atoms with Crippen molar-refractivity contribution in [3.05, 3.63) is 34.8 Å². The summed E-state index contributed by atoms with van der Waals surface area (Å²) in [5.74, 6) is 1.29. The fourth-order valence-electron chi connectivity index (χ4n) is 2.08. The van der Waals surface area contributed by atoms with E-state index in [1.807, 2.05) is 6.92 Å². The number of fused-ring (bicyclic) bond motifs is 1. The first kappa shape index (κ1) is 12.6. The molecule has 1 aromatic carbocycles. The Balaban J connectivity index is 2.99. The summed E-state index contributed by atoms with van der Waals surface area (Å²) >= 11 is 0. The summed E-state index contributed by atoms with van der Waals surface area (Å²) in [6, 6.07) is 0.862. The molecule has 0 atom stereocenters. The molecule has 1 aromatic heterocycles. The van der Waals surface area contributed by atoms with Crippen LogP contribution in [0.15, 0.2) is 6.07 Å². The number of anilines is 1. The van der Waals surface area contributed by atoms with E-state index in [0.29, 0.717) is 17.7 Å². The van der Waals surface area contributed by atoms with E-state index in [4.69, 9.17) is 5.84 Å². The second-order valence-corrected chi connectivity index (χ2v) is 3.93. The molecule has 96 valence electrons. The molecule has 0 amide bonds. The van der Waals surface area contributed by atoms with Gasteiger partial charge in [-0.05, 0) is 18.9 Å². The minimum Gasteiger partial charge on any atom is -0.323 e. The Morgan fingerprint density at radius 2 is 1.94 bits per heavy atom. The molecule has 0 spiro atoms. The molecule has 3 N–H and O–H groups in total. The van der Waals surface area contributed by atoms with Crippen molar-refractivity contribution >= 4 is 16.6 Å². The van der Waals surface area contributed by atoms with Gasteiger partial charge in [0.15, 0.2) is 17.5 Å². The summed E-state index contributed by atoms with van der Waals surface area (Å²) in [6.07, 6.45) is 0.548. The van der Waals surface area contributed by atoms with E-state index < -0.39 is 17.5 Å². The zero-order valence-electron chi connectivity index (χ0n) is 9.94. The highest BCUT2D eigenvalue weighted by molar-refractivity contribution is 5.94. The van der Waals surface area contributed by atoms with E-state index in [1.165, 1.54) is 0 Å². The smallest absolute Gasteiger partial charge is 0.195 e. The highest BCUT2D eigenvalue weighted by Crippen LogP contribution is 2.32. The van der Waals surface area contributed by atoms with Gasteiger partial charge in [0.05, 0.1) is 16.6 Å². The van der Waals surface area contributed by atoms with Gasteiger partial charge in [0, 0.05) is 11.8 Å². The first-order chi connectivity index (χ1) is 8.51. The third-order valence-corrected chi connectivity index (χ3v) is 2.92. The van der Waals surface area contributed by atoms with Crippen molar-refractivity contribution in [1.29, 1.82) is 0 Å². The number of nitrogen functional groups attached to an aromatic ring is 1. The number of hydrogen-bond donors (Lipinski definition) is 2. The average Bonchev–Trinajstić information content (AvgIpc) is 2.34. The fourth-order valence-corrected chi connectivity index (χ4v) is 2.08. The average molecular weight is 255 g/mol. The van der Waals surface area contributed by atoms with Crippen molar-refractivity contribution in [3.63, 3.8) is 0 Å². The monoisotopic (exact) mass is 255 g/mol. The Morgan fingerprint density at radius 1 is 1.28 bits per heavy atom. The Bertz CT molecular complexity index is 626. The molecule has 1 heterocycles. The maximum absolute atomic E-state index is 13.8. The van der Waals surface area contributed by atoms with Crippen molar-refractivity contribution in [2.75, 3.05) is 5.43 Å². The van der Waals surface area contributed by atoms with Crippen LogP contribution in [0.1, 0.15) is 18.2 Å². The van der Waals surface area contributed by atoms with Crippen molar-refractivity contribution in [2.45, 2.75) is 20.3 Å². The van der Waals surface area contributed by atoms with Crippen LogP contribution in [0.3, 0.4) is 0 Å². The molecule has 0 bridgehead atoms. The van der Waals surface area contributed by atoms with E-state index in [9.17, 15) is 13.2 Å². The zero-order valence-corrected chi connectivity index (χ0v) is 9.94. The second kappa shape index (κ2) is 4.45. The van der Waals surface area contributed by atoms with Crippen molar-refractivity contribution < 1.29 is 13.2 Å². The van der Waals surface area contributed by atoms with Gasteiger partial charge in [-0.1, -0.05) is 6.92 Å². The fraction of sp³-hybridized carbons (Fsp3) is 0.250. The molecule has 0 aliphatic heterocycles. The van der Waals surface area contributed by atoms with Crippen LogP contribution >= 0.6 is 0 Å². The maximum Gasteiger partial charge on any atom is 0.195 e. The number of benzene rings is 1. The first-order valence-electron chi connectivity index (χ1n) is 5.44. The number of hydrazine groups is 1. The van der Waals surface area contributed by atoms with Crippen LogP contribution in [0.25, 0.3) is 10.9 Å². The molecule has 0 aliphatic rings. The predicted molar refractivity (Wildman–Crippen MR) is 63.5 cm³/mol. The largest absolute Gasteiger partial charge is 0.323 e. The zero-order chi connectivity index (χ0) is 13.4. The molecule has 6 heteroatoms. The number of aromatic nitrogens is 1. The number of nitrogens with zero attached hydrogens (tertiary/aromatic N) is 1. The Morgan fingerprint density at radius 3 is 2.50 bits per heavy atom. The number of halogens is 3. The van der Waals surface area contributed by atoms with E-state index in [0.717, 1.165) is 6.07 Å². The molecule has 2 aromatic rings. The summed E-state index contributed by atoms with van der Waals surface area (Å²) in [4.78, 5) is 4.08. The van der Waals surface area contributed by atoms with E-state index in [1.54, 1.807) is 6.92 Å². The number of rotatable bonds is 2. The lowest BCUT2D eigenvalue weighted by Gasteiger charge is -2.14. The lowest BCUT2D eigenvalue weighted by Crippen LogP contribution is -2.13. The molecule has 0 saturated heterocycles. The number of aryl methyl sites for hydroxylation is 1. The summed E-state index contributed by atoms with van der Waals surface area (Å²) < 4.78 is 40.2. The molecule has 0 fully saturated rings. The first-order valence-corrected chi connectivity index (χ1v) is 5.44. The molecule has 0 unspecified atom stereocenters. The minimum absolute atomic E-state index is 0.0362. The standard InChI is InChI=1S/C12H12F3N3/c1-3-6-5(2)17-8-4-7(13)10(14)11(15)9(8)12(6)18-16/h4H,3,16H2,1-2H3,(H,17,18). The molecule has 3 nitrogen and oxygen atoms in total. The van der Waals surface area contributed by atoms with Gasteiger partial charge in [-0.2, -0.15) is 0 Å². The number of nitrogens with one attached hydrogen (secondary N) is 1. The number of hydrogen-bond acceptors (Lipinski definition) is 3. The third-order valence-electron chi connectivity index (χ3n) is 2.92. The van der Waals surface area contributed by atoms with Gasteiger partial charge in [-0.3, -0.25) is 10.8 Å². The van der Waals surface area contributed by atoms with Gasteiger partial charge in [0.1, 0.15) is 0 Å². The summed E-state index contributed by atoms with van der Waals surface area (Å²) in [7, 11) is 0. The van der Waals surface area contributed by atoms with Gasteiger partial charge >= 0.3 is 0 Å². The van der Waals surface area contributed by atoms with Crippen LogP contribution in [0.5, 0.6) is 0 Å². The molecular weight excluding hydrogens is 243 g/mol. The molecule has 0 aliphatic carbocycles. The summed E-state index contributed by atoms with van der Waals surface area (Å²) in [6.45, 7) is 3.55. The third kappa shape index (κ3) is 1.69. The van der Waals surface area contributed by atoms with E-state index in [-0.39, 0.29) is 16.6 Å². The quantitative estimate of drug-likeness (QED) is 0.493. The lowest BCUT2D eigenvalue weighted by molar-refractivity contribution is 0.453. The Labute approximate surface area is 102 Å². The van der Waals surface area contributed by atoms with Gasteiger partial charge in [-0.15, -0.1) is 0 Å². The van der Waals surface area contributed by atoms with Crippen LogP contribution in [-0.2, 0) is 6.42 Å². The molecule has 2 rings (SSSR count). The topological polar surface area (TPSA) is 50.9 Å². The van der Waals surface area contributed by atoms with Crippen molar-refractivity contribution in [1.82, 2.24) is 4.98 Å². The van der Waals surface area contributed by atoms with E-state index >= 15 is 0 Å². The molecule has 0 saturated carbocycles. The predicted octanol–water partition coefficient (Wildman–Crippen LogP) is 2.81. The maximum atomic E-state index is 13.8. The van der Waals surface area contributed by atoms with Crippen molar-refractivity contribution in [2.24, 2.45) is 5.84 Å². The van der Waals surface area contributed by atoms with Crippen LogP contribution in [0.2, 0.25) is 0 Å². The van der Waals surface area contributed by atoms with Crippen molar-refractivity contribution in [3.8, 4) is 0 Å². The summed E-state index contributed by atoms with van der Waals surface area (Å²) in [5, 5.41) is -0.126. The Hall–Kier alpha value is -1.82. The Kier molecular flexibility index (Phi) is 3.13. The highest BCUT2D eigenvalue weighted by Gasteiger charge is 2.20. The van der Waals surface area contributed by atoms with Gasteiger partial charge < -0.3 is 5.43 Å². The van der Waals surface area contributed by atoms with Gasteiger partial charge in [-0.25, -0.2) is 13.2 Å². The number of pyridine rings is 1. The van der Waals surface area contributed by atoms with Gasteiger partial charge in [0.2, 0.25) is 0 Å². The number of nitrogens with two attached hydrogens (primary N) is 1. The van der Waals surface area contributed by atoms with Crippen LogP contribution in [0.4, 0.5) is 18.9 Å². The summed E-state index contributed by atoms with van der Waals surface area (Å²) in [5.41, 5.74) is 3.91. The highest BCUT2D eigenvalue weighted by atomic mass is 19.2. The molecule has 0 radical (unpaired) electrons. The molecule has 18 heavy (non-hydrogen) atoms. The van der Waals surface area contributed by atoms with Crippen LogP contribution in [-0.4, -0.2) is 4.98 Å². The normalized spacial score (nSPS) is 11.0. The SMILES string of the molecule is CCc1c(C)nc2cc(F)c(F)c(F)c2c1NN. The van der Waals surface area contributed by atoms with Gasteiger partial charge in [0.25, 0.3) is 0 Å². The van der Waals surface area contributed by atoms with Crippen LogP contribution < -0.4 is 11.3 Å². The second-order valence-electron chi connectivity index (χ2n) is 3.93.